The summed E-state index contributed by atoms with van der Waals surface area (Å²) in [7, 11) is 4.06. The van der Waals surface area contributed by atoms with Crippen LogP contribution in [0.5, 0.6) is 0 Å². The topological polar surface area (TPSA) is 42.9 Å². The van der Waals surface area contributed by atoms with E-state index >= 15 is 0 Å². The van der Waals surface area contributed by atoms with Crippen molar-refractivity contribution in [1.82, 2.24) is 20.4 Å². The Bertz CT molecular complexity index is 328. The Labute approximate surface area is 157 Å². The van der Waals surface area contributed by atoms with Crippen LogP contribution in [0.2, 0.25) is 0 Å². The monoisotopic (exact) mass is 441 g/mol. The van der Waals surface area contributed by atoms with Crippen molar-refractivity contribution < 1.29 is 0 Å². The van der Waals surface area contributed by atoms with Gasteiger partial charge >= 0.3 is 0 Å². The van der Waals surface area contributed by atoms with Gasteiger partial charge in [-0.15, -0.1) is 24.0 Å². The van der Waals surface area contributed by atoms with Gasteiger partial charge in [0.2, 0.25) is 0 Å². The zero-order valence-corrected chi connectivity index (χ0v) is 17.3. The summed E-state index contributed by atoms with van der Waals surface area (Å²) in [5, 5.41) is 7.71. The molecular weight excluding hydrogens is 409 g/mol. The van der Waals surface area contributed by atoms with Gasteiger partial charge in [0.25, 0.3) is 0 Å². The van der Waals surface area contributed by atoms with Gasteiger partial charge in [0, 0.05) is 57.6 Å². The molecule has 0 aromatic rings. The van der Waals surface area contributed by atoms with Gasteiger partial charge in [0.15, 0.2) is 5.96 Å². The normalized spacial score (nSPS) is 25.6. The minimum atomic E-state index is 0. The molecule has 130 valence electrons. The zero-order chi connectivity index (χ0) is 15.1. The molecule has 2 fully saturated rings. The molecule has 2 aliphatic rings. The van der Waals surface area contributed by atoms with Crippen LogP contribution >= 0.6 is 35.7 Å². The fourth-order valence-corrected chi connectivity index (χ4v) is 4.07. The highest BCUT2D eigenvalue weighted by Crippen LogP contribution is 2.25. The molecule has 0 aliphatic carbocycles. The van der Waals surface area contributed by atoms with Gasteiger partial charge in [-0.2, -0.15) is 11.8 Å². The highest BCUT2D eigenvalue weighted by Gasteiger charge is 2.19. The average molecular weight is 441 g/mol. The first-order valence-electron chi connectivity index (χ1n) is 8.17. The number of rotatable bonds is 5. The smallest absolute Gasteiger partial charge is 0.191 e. The molecular formula is C15H32IN5S. The van der Waals surface area contributed by atoms with Crippen LogP contribution < -0.4 is 10.6 Å². The summed E-state index contributed by atoms with van der Waals surface area (Å²) in [6.07, 6.45) is 2.70. The van der Waals surface area contributed by atoms with Gasteiger partial charge in [0.05, 0.1) is 0 Å². The molecule has 2 N–H and O–H groups in total. The van der Waals surface area contributed by atoms with Crippen LogP contribution in [0.3, 0.4) is 0 Å². The maximum Gasteiger partial charge on any atom is 0.191 e. The van der Waals surface area contributed by atoms with Crippen LogP contribution in [-0.2, 0) is 0 Å². The highest BCUT2D eigenvalue weighted by molar-refractivity contribution is 14.0. The molecule has 7 heteroatoms. The second kappa shape index (κ2) is 10.9. The SMILES string of the molecule is CN=C(NCC1CCCS1)NCC(C)N1CCN(C)CC1.I. The molecule has 2 atom stereocenters. The Morgan fingerprint density at radius 2 is 2.00 bits per heavy atom. The molecule has 0 bridgehead atoms. The van der Waals surface area contributed by atoms with Crippen molar-refractivity contribution in [3.8, 4) is 0 Å². The molecule has 0 saturated carbocycles. The van der Waals surface area contributed by atoms with Gasteiger partial charge in [-0.1, -0.05) is 0 Å². The first kappa shape index (κ1) is 20.3. The minimum Gasteiger partial charge on any atom is -0.355 e. The molecule has 0 radical (unpaired) electrons. The van der Waals surface area contributed by atoms with Crippen LogP contribution in [0.4, 0.5) is 0 Å². The highest BCUT2D eigenvalue weighted by atomic mass is 127. The van der Waals surface area contributed by atoms with Crippen LogP contribution in [0.15, 0.2) is 4.99 Å². The first-order valence-corrected chi connectivity index (χ1v) is 9.22. The lowest BCUT2D eigenvalue weighted by Crippen LogP contribution is -2.52. The van der Waals surface area contributed by atoms with Crippen LogP contribution in [-0.4, -0.2) is 86.2 Å². The number of likely N-dealkylation sites (N-methyl/N-ethyl adjacent to an activating group) is 1. The fourth-order valence-electron chi connectivity index (χ4n) is 2.87. The molecule has 0 aromatic heterocycles. The maximum atomic E-state index is 4.34. The molecule has 0 aromatic carbocycles. The molecule has 0 amide bonds. The number of halogens is 1. The fraction of sp³-hybridized carbons (Fsp3) is 0.933. The van der Waals surface area contributed by atoms with E-state index < -0.39 is 0 Å². The van der Waals surface area contributed by atoms with Crippen LogP contribution in [0, 0.1) is 0 Å². The Morgan fingerprint density at radius 3 is 2.59 bits per heavy atom. The number of aliphatic imine (C=N–C) groups is 1. The third kappa shape index (κ3) is 6.80. The van der Waals surface area contributed by atoms with E-state index in [9.17, 15) is 0 Å². The minimum absolute atomic E-state index is 0. The molecule has 2 saturated heterocycles. The predicted molar refractivity (Wildman–Crippen MR) is 109 cm³/mol. The summed E-state index contributed by atoms with van der Waals surface area (Å²) < 4.78 is 0. The standard InChI is InChI=1S/C15H31N5S.HI/c1-13(20-8-6-19(3)7-9-20)11-17-15(16-2)18-12-14-5-4-10-21-14;/h13-14H,4-12H2,1-3H3,(H2,16,17,18);1H. The largest absolute Gasteiger partial charge is 0.355 e. The predicted octanol–water partition coefficient (Wildman–Crippen LogP) is 1.30. The van der Waals surface area contributed by atoms with Gasteiger partial charge in [-0.25, -0.2) is 0 Å². The second-order valence-corrected chi connectivity index (χ2v) is 7.57. The third-order valence-electron chi connectivity index (χ3n) is 4.47. The average Bonchev–Trinajstić information content (AvgIpc) is 3.01. The van der Waals surface area contributed by atoms with E-state index in [1.54, 1.807) is 0 Å². The van der Waals surface area contributed by atoms with Crippen molar-refractivity contribution in [3.05, 3.63) is 0 Å². The quantitative estimate of drug-likeness (QED) is 0.383. The number of piperazine rings is 1. The van der Waals surface area contributed by atoms with Gasteiger partial charge in [-0.3, -0.25) is 9.89 Å². The van der Waals surface area contributed by atoms with Crippen molar-refractivity contribution in [2.75, 3.05) is 59.1 Å². The Hall–Kier alpha value is 0.270. The number of nitrogens with zero attached hydrogens (tertiary/aromatic N) is 3. The number of nitrogens with one attached hydrogen (secondary N) is 2. The van der Waals surface area contributed by atoms with Gasteiger partial charge < -0.3 is 15.5 Å². The summed E-state index contributed by atoms with van der Waals surface area (Å²) in [6.45, 7) is 8.99. The van der Waals surface area contributed by atoms with E-state index in [1.165, 1.54) is 44.8 Å². The van der Waals surface area contributed by atoms with E-state index in [0.717, 1.165) is 24.3 Å². The van der Waals surface area contributed by atoms with Crippen molar-refractivity contribution >= 4 is 41.7 Å². The van der Waals surface area contributed by atoms with Crippen molar-refractivity contribution in [1.29, 1.82) is 0 Å². The Balaban J connectivity index is 0.00000242. The van der Waals surface area contributed by atoms with Crippen molar-refractivity contribution in [3.63, 3.8) is 0 Å². The molecule has 2 aliphatic heterocycles. The Kier molecular flexibility index (Phi) is 10.1. The van der Waals surface area contributed by atoms with Crippen LogP contribution in [0.25, 0.3) is 0 Å². The maximum absolute atomic E-state index is 4.34. The molecule has 2 rings (SSSR count). The van der Waals surface area contributed by atoms with E-state index in [-0.39, 0.29) is 24.0 Å². The van der Waals surface area contributed by atoms with E-state index in [0.29, 0.717) is 6.04 Å². The summed E-state index contributed by atoms with van der Waals surface area (Å²) in [4.78, 5) is 9.30. The summed E-state index contributed by atoms with van der Waals surface area (Å²) in [5.74, 6) is 2.27. The van der Waals surface area contributed by atoms with Gasteiger partial charge in [-0.05, 0) is 32.6 Å². The van der Waals surface area contributed by atoms with E-state index in [1.807, 2.05) is 7.05 Å². The molecule has 2 unspecified atom stereocenters. The van der Waals surface area contributed by atoms with E-state index in [2.05, 4.69) is 51.2 Å². The van der Waals surface area contributed by atoms with Crippen molar-refractivity contribution in [2.45, 2.75) is 31.1 Å². The number of thioether (sulfide) groups is 1. The second-order valence-electron chi connectivity index (χ2n) is 6.16. The number of hydrogen-bond acceptors (Lipinski definition) is 4. The lowest BCUT2D eigenvalue weighted by Gasteiger charge is -2.36. The molecule has 22 heavy (non-hydrogen) atoms. The molecule has 5 nitrogen and oxygen atoms in total. The molecule has 2 heterocycles. The zero-order valence-electron chi connectivity index (χ0n) is 14.2. The summed E-state index contributed by atoms with van der Waals surface area (Å²) in [6, 6.07) is 0.554. The van der Waals surface area contributed by atoms with Crippen molar-refractivity contribution in [2.24, 2.45) is 4.99 Å². The third-order valence-corrected chi connectivity index (χ3v) is 5.87. The summed E-state index contributed by atoms with van der Waals surface area (Å²) in [5.41, 5.74) is 0. The summed E-state index contributed by atoms with van der Waals surface area (Å²) >= 11 is 2.08. The van der Waals surface area contributed by atoms with Gasteiger partial charge in [0.1, 0.15) is 0 Å². The Morgan fingerprint density at radius 1 is 1.27 bits per heavy atom. The molecule has 0 spiro atoms. The lowest BCUT2D eigenvalue weighted by atomic mass is 10.2. The lowest BCUT2D eigenvalue weighted by molar-refractivity contribution is 0.120. The van der Waals surface area contributed by atoms with E-state index in [4.69, 9.17) is 0 Å². The van der Waals surface area contributed by atoms with Crippen LogP contribution in [0.1, 0.15) is 19.8 Å². The first-order chi connectivity index (χ1) is 10.2. The number of guanidine groups is 1. The number of hydrogen-bond donors (Lipinski definition) is 2.